The molecule has 0 saturated heterocycles. The molecule has 0 saturated carbocycles. The molecule has 0 fully saturated rings. The first-order chi connectivity index (χ1) is 3.42. The maximum atomic E-state index is 9.69. The van der Waals surface area contributed by atoms with Gasteiger partial charge in [0.15, 0.2) is 0 Å². The third-order valence-corrected chi connectivity index (χ3v) is 0.652. The Kier molecular flexibility index (Phi) is 5.75. The molecule has 0 aliphatic heterocycles. The van der Waals surface area contributed by atoms with Crippen LogP contribution in [0.5, 0.6) is 0 Å². The van der Waals surface area contributed by atoms with Gasteiger partial charge in [0.05, 0.1) is 0 Å². The predicted octanol–water partition coefficient (Wildman–Crippen LogP) is -1.43. The molecule has 5 N–H and O–H groups in total. The van der Waals surface area contributed by atoms with Crippen molar-refractivity contribution in [3.63, 3.8) is 0 Å². The first-order valence-corrected chi connectivity index (χ1v) is 3.04. The van der Waals surface area contributed by atoms with E-state index in [0.29, 0.717) is 0 Å². The van der Waals surface area contributed by atoms with Gasteiger partial charge in [-0.1, -0.05) is 0 Å². The van der Waals surface area contributed by atoms with E-state index in [2.05, 4.69) is 10.3 Å². The van der Waals surface area contributed by atoms with E-state index in [9.17, 15) is 4.57 Å². The van der Waals surface area contributed by atoms with Crippen LogP contribution >= 0.6 is 7.82 Å². The molecule has 0 aromatic carbocycles. The van der Waals surface area contributed by atoms with Crippen molar-refractivity contribution in [1.29, 1.82) is 5.41 Å². The molecule has 0 aliphatic rings. The van der Waals surface area contributed by atoms with Crippen molar-refractivity contribution in [3.05, 3.63) is 0 Å². The van der Waals surface area contributed by atoms with Gasteiger partial charge in [0, 0.05) is 0 Å². The first-order valence-electron chi connectivity index (χ1n) is 1.51. The van der Waals surface area contributed by atoms with Crippen LogP contribution in [0.1, 0.15) is 2.85 Å². The molecule has 0 radical (unpaired) electrons. The van der Waals surface area contributed by atoms with Crippen LogP contribution in [0.25, 0.3) is 0 Å². The summed E-state index contributed by atoms with van der Waals surface area (Å²) in [5.74, 6) is 0. The molecular weight excluding hydrogens is 158 g/mol. The van der Waals surface area contributed by atoms with Crippen molar-refractivity contribution < 1.29 is 21.7 Å². The fourth-order valence-electron chi connectivity index (χ4n) is 0.128. The van der Waals surface area contributed by atoms with Crippen LogP contribution in [-0.4, -0.2) is 45.4 Å². The van der Waals surface area contributed by atoms with Gasteiger partial charge < -0.3 is 10.3 Å². The van der Waals surface area contributed by atoms with Crippen LogP contribution < -0.4 is 5.73 Å². The van der Waals surface area contributed by atoms with Crippen molar-refractivity contribution in [2.45, 2.75) is 0 Å². The second-order valence-corrected chi connectivity index (χ2v) is 2.11. The van der Waals surface area contributed by atoms with Gasteiger partial charge in [-0.15, -0.1) is 0 Å². The van der Waals surface area contributed by atoms with Crippen molar-refractivity contribution >= 4 is 43.4 Å². The van der Waals surface area contributed by atoms with Crippen LogP contribution in [0.2, 0.25) is 0 Å². The molecule has 9 heavy (non-hydrogen) atoms. The normalized spacial score (nSPS) is 9.56. The third kappa shape index (κ3) is 11.8. The van der Waals surface area contributed by atoms with Crippen molar-refractivity contribution in [1.82, 2.24) is 0 Å². The van der Waals surface area contributed by atoms with Gasteiger partial charge in [-0.2, -0.15) is 0 Å². The van der Waals surface area contributed by atoms with Crippen LogP contribution in [0.4, 0.5) is 0 Å². The Morgan fingerprint density at radius 1 is 1.78 bits per heavy atom. The van der Waals surface area contributed by atoms with Crippen molar-refractivity contribution in [3.8, 4) is 0 Å². The van der Waals surface area contributed by atoms with Gasteiger partial charge in [0.2, 0.25) is 0 Å². The number of rotatable bonds is 1. The molecule has 0 spiro atoms. The molecule has 0 amide bonds. The number of phosphoric ester groups is 1. The molecule has 6 nitrogen and oxygen atoms in total. The van der Waals surface area contributed by atoms with Crippen molar-refractivity contribution in [2.75, 3.05) is 0 Å². The fourth-order valence-corrected chi connectivity index (χ4v) is 0.384. The number of hydrogen-bond acceptors (Lipinski definition) is 3. The first kappa shape index (κ1) is 12.1. The van der Waals surface area contributed by atoms with E-state index in [1.165, 1.54) is 0 Å². The Bertz CT molecular complexity index is 149. The third-order valence-electron chi connectivity index (χ3n) is 0.217. The number of phosphoric acid groups is 1. The molecular formula is CH8N2NaO4P+2. The Morgan fingerprint density at radius 2 is 2.11 bits per heavy atom. The van der Waals surface area contributed by atoms with Crippen LogP contribution in [0, 0.1) is 5.41 Å². The summed E-state index contributed by atoms with van der Waals surface area (Å²) in [4.78, 5) is 15.7. The second kappa shape index (κ2) is 4.27. The molecule has 0 atom stereocenters. The number of nitrogens with two attached hydrogens (primary N) is 1. The molecule has 0 unspecified atom stereocenters. The summed E-state index contributed by atoms with van der Waals surface area (Å²) in [7, 11) is -4.57. The Hall–Kier alpha value is 0.420. The molecule has 0 aromatic heterocycles. The topological polar surface area (TPSA) is 117 Å². The molecule has 50 valence electrons. The van der Waals surface area contributed by atoms with E-state index < -0.39 is 13.8 Å². The zero-order valence-corrected chi connectivity index (χ0v) is 4.63. The molecule has 8 heteroatoms. The van der Waals surface area contributed by atoms with E-state index in [1.807, 2.05) is 0 Å². The Labute approximate surface area is 76.4 Å². The summed E-state index contributed by atoms with van der Waals surface area (Å²) in [5.41, 5.74) is 4.45. The summed E-state index contributed by atoms with van der Waals surface area (Å²) < 4.78 is 13.2. The average molecular weight is 166 g/mol. The van der Waals surface area contributed by atoms with Gasteiger partial charge >= 0.3 is 40.2 Å². The maximum absolute atomic E-state index is 9.69. The SMILES string of the molecule is N=C(N)OP(=O)(O)O.[H+].[H+].[NaH]. The van der Waals surface area contributed by atoms with E-state index in [-0.39, 0.29) is 32.4 Å². The molecule has 0 aliphatic carbocycles. The summed E-state index contributed by atoms with van der Waals surface area (Å²) in [6, 6.07) is -0.988. The van der Waals surface area contributed by atoms with Gasteiger partial charge in [0.25, 0.3) is 6.02 Å². The van der Waals surface area contributed by atoms with Crippen LogP contribution in [0.15, 0.2) is 0 Å². The molecule has 0 bridgehead atoms. The van der Waals surface area contributed by atoms with E-state index in [4.69, 9.17) is 15.2 Å². The van der Waals surface area contributed by atoms with Gasteiger partial charge in [-0.25, -0.2) is 4.57 Å². The number of nitrogens with one attached hydrogen (secondary N) is 1. The summed E-state index contributed by atoms with van der Waals surface area (Å²) >= 11 is 0. The molecule has 0 aromatic rings. The summed E-state index contributed by atoms with van der Waals surface area (Å²) in [6.07, 6.45) is 0. The zero-order chi connectivity index (χ0) is 6.78. The second-order valence-electron chi connectivity index (χ2n) is 0.946. The van der Waals surface area contributed by atoms with Crippen molar-refractivity contribution in [2.24, 2.45) is 5.73 Å². The Morgan fingerprint density at radius 3 is 2.11 bits per heavy atom. The Balaban J connectivity index is -0.0000000817. The standard InChI is InChI=1S/CH5N2O4P.Na.H/c2-1(3)7-8(4,5)6;;/h(H3,2,3)(H2,4,5,6);;/p+2. The minimum absolute atomic E-state index is 0. The van der Waals surface area contributed by atoms with Crippen LogP contribution in [-0.2, 0) is 9.09 Å². The molecule has 0 heterocycles. The molecule has 0 rings (SSSR count). The summed E-state index contributed by atoms with van der Waals surface area (Å²) in [6.45, 7) is 0. The van der Waals surface area contributed by atoms with Crippen LogP contribution in [0.3, 0.4) is 0 Å². The summed E-state index contributed by atoms with van der Waals surface area (Å²) in [5, 5.41) is 6.21. The monoisotopic (exact) mass is 166 g/mol. The minimum atomic E-state index is -4.57. The fraction of sp³-hybridized carbons (Fsp3) is 0. The number of amidine groups is 1. The van der Waals surface area contributed by atoms with E-state index >= 15 is 0 Å². The van der Waals surface area contributed by atoms with Gasteiger partial charge in [-0.05, 0) is 0 Å². The quantitative estimate of drug-likeness (QED) is 0.165. The van der Waals surface area contributed by atoms with E-state index in [1.54, 1.807) is 0 Å². The predicted molar refractivity (Wildman–Crippen MR) is 34.4 cm³/mol. The van der Waals surface area contributed by atoms with E-state index in [0.717, 1.165) is 0 Å². The van der Waals surface area contributed by atoms with Gasteiger partial charge in [-0.3, -0.25) is 15.2 Å². The average Bonchev–Trinajstić information content (AvgIpc) is 1.21. The van der Waals surface area contributed by atoms with Gasteiger partial charge in [0.1, 0.15) is 0 Å². The number of hydrogen-bond donors (Lipinski definition) is 4. The zero-order valence-electron chi connectivity index (χ0n) is 5.74.